The number of allylic oxidation sites excluding steroid dienone is 4. The Labute approximate surface area is 215 Å². The third-order valence-electron chi connectivity index (χ3n) is 9.72. The van der Waals surface area contributed by atoms with Crippen LogP contribution in [-0.4, -0.2) is 33.1 Å². The molecule has 3 nitrogen and oxygen atoms in total. The van der Waals surface area contributed by atoms with Crippen molar-refractivity contribution in [3.8, 4) is 0 Å². The highest BCUT2D eigenvalue weighted by atomic mass is 16.3. The average molecular weight is 485 g/mol. The summed E-state index contributed by atoms with van der Waals surface area (Å²) >= 11 is 0. The van der Waals surface area contributed by atoms with Gasteiger partial charge in [0.1, 0.15) is 0 Å². The van der Waals surface area contributed by atoms with Gasteiger partial charge in [0, 0.05) is 5.92 Å². The van der Waals surface area contributed by atoms with Crippen LogP contribution in [0.4, 0.5) is 0 Å². The number of hydrogen-bond acceptors (Lipinski definition) is 3. The monoisotopic (exact) mass is 484 g/mol. The van der Waals surface area contributed by atoms with E-state index < -0.39 is 17.8 Å². The van der Waals surface area contributed by atoms with Crippen LogP contribution in [0.1, 0.15) is 105 Å². The molecule has 0 heterocycles. The van der Waals surface area contributed by atoms with Gasteiger partial charge in [-0.05, 0) is 112 Å². The van der Waals surface area contributed by atoms with Crippen molar-refractivity contribution in [3.05, 3.63) is 48.1 Å². The first-order valence-corrected chi connectivity index (χ1v) is 14.3. The molecule has 0 aromatic heterocycles. The number of aliphatic hydroxyl groups is 3. The van der Waals surface area contributed by atoms with E-state index in [-0.39, 0.29) is 5.92 Å². The molecule has 35 heavy (non-hydrogen) atoms. The van der Waals surface area contributed by atoms with Gasteiger partial charge >= 0.3 is 0 Å². The van der Waals surface area contributed by atoms with E-state index in [0.29, 0.717) is 23.7 Å². The zero-order chi connectivity index (χ0) is 25.8. The van der Waals surface area contributed by atoms with Gasteiger partial charge in [-0.1, -0.05) is 57.1 Å². The van der Waals surface area contributed by atoms with E-state index >= 15 is 0 Å². The highest BCUT2D eigenvalue weighted by Gasteiger charge is 2.50. The van der Waals surface area contributed by atoms with Crippen LogP contribution in [0.3, 0.4) is 0 Å². The van der Waals surface area contributed by atoms with Crippen molar-refractivity contribution in [2.24, 2.45) is 29.1 Å². The lowest BCUT2D eigenvalue weighted by molar-refractivity contribution is 0.0133. The van der Waals surface area contributed by atoms with Crippen LogP contribution < -0.4 is 0 Å². The van der Waals surface area contributed by atoms with Gasteiger partial charge in [0.2, 0.25) is 0 Å². The van der Waals surface area contributed by atoms with Crippen LogP contribution in [0.2, 0.25) is 0 Å². The van der Waals surface area contributed by atoms with Crippen LogP contribution in [-0.2, 0) is 0 Å². The van der Waals surface area contributed by atoms with Crippen LogP contribution in [0.25, 0.3) is 0 Å². The molecule has 3 aliphatic rings. The molecule has 3 rings (SSSR count). The molecule has 0 aromatic carbocycles. The van der Waals surface area contributed by atoms with Crippen molar-refractivity contribution in [1.29, 1.82) is 0 Å². The molecule has 3 saturated carbocycles. The smallest absolute Gasteiger partial charge is 0.0839 e. The van der Waals surface area contributed by atoms with Crippen molar-refractivity contribution >= 4 is 0 Å². The Morgan fingerprint density at radius 3 is 2.60 bits per heavy atom. The van der Waals surface area contributed by atoms with E-state index in [1.807, 2.05) is 19.9 Å². The zero-order valence-corrected chi connectivity index (χ0v) is 22.9. The maximum Gasteiger partial charge on any atom is 0.0839 e. The summed E-state index contributed by atoms with van der Waals surface area (Å²) in [5.74, 6) is 1.94. The second-order valence-electron chi connectivity index (χ2n) is 12.8. The molecule has 0 bridgehead atoms. The van der Waals surface area contributed by atoms with E-state index in [1.54, 1.807) is 5.57 Å². The normalized spacial score (nSPS) is 37.0. The molecule has 0 spiro atoms. The molecule has 3 N–H and O–H groups in total. The predicted octanol–water partition coefficient (Wildman–Crippen LogP) is 7.29. The van der Waals surface area contributed by atoms with Gasteiger partial charge < -0.3 is 15.3 Å². The number of fused-ring (bicyclic) bond motifs is 1. The zero-order valence-electron chi connectivity index (χ0n) is 22.9. The van der Waals surface area contributed by atoms with Crippen LogP contribution >= 0.6 is 0 Å². The fraction of sp³-hybridized carbons (Fsp3) is 0.750. The number of aliphatic hydroxyl groups excluding tert-OH is 2. The third-order valence-corrected chi connectivity index (χ3v) is 9.72. The lowest BCUT2D eigenvalue weighted by Gasteiger charge is -2.44. The topological polar surface area (TPSA) is 60.7 Å². The summed E-state index contributed by atoms with van der Waals surface area (Å²) in [6, 6.07) is 0. The Morgan fingerprint density at radius 2 is 1.91 bits per heavy atom. The summed E-state index contributed by atoms with van der Waals surface area (Å²) in [4.78, 5) is 0. The molecule has 198 valence electrons. The molecule has 0 radical (unpaired) electrons. The second kappa shape index (κ2) is 11.9. The minimum atomic E-state index is -0.662. The Morgan fingerprint density at radius 1 is 1.17 bits per heavy atom. The summed E-state index contributed by atoms with van der Waals surface area (Å²) in [6.45, 7) is 16.8. The standard InChI is InChI=1S/C32H52O3/c1-7-8-9-14-26-29(33)21-25(23(3)30(26)34)16-15-24-13-11-20-32(6)27(17-18-28(24)32)22(2)12-10-19-31(4,5)35/h7,15-16,22,26-30,33-35H,1,3,8-14,17-21H2,2,4-6H3/b24-15+,25-16-/t22-,26-,27-,28+,29-,30-,32-/m1/s1. The molecule has 3 fully saturated rings. The molecule has 0 saturated heterocycles. The van der Waals surface area contributed by atoms with Crippen LogP contribution in [0.15, 0.2) is 48.1 Å². The second-order valence-corrected chi connectivity index (χ2v) is 12.8. The molecule has 0 aliphatic heterocycles. The van der Waals surface area contributed by atoms with Gasteiger partial charge in [-0.2, -0.15) is 0 Å². The average Bonchev–Trinajstić information content (AvgIpc) is 3.14. The highest BCUT2D eigenvalue weighted by molar-refractivity contribution is 5.39. The Kier molecular flexibility index (Phi) is 9.68. The molecule has 3 aliphatic carbocycles. The molecular formula is C32H52O3. The minimum Gasteiger partial charge on any atom is -0.392 e. The van der Waals surface area contributed by atoms with E-state index in [9.17, 15) is 15.3 Å². The summed E-state index contributed by atoms with van der Waals surface area (Å²) in [6.07, 6.45) is 17.9. The van der Waals surface area contributed by atoms with Crippen LogP contribution in [0, 0.1) is 29.1 Å². The van der Waals surface area contributed by atoms with Gasteiger partial charge in [-0.3, -0.25) is 0 Å². The number of hydrogen-bond donors (Lipinski definition) is 3. The lowest BCUT2D eigenvalue weighted by Crippen LogP contribution is -2.38. The minimum absolute atomic E-state index is 0.126. The Bertz CT molecular complexity index is 800. The van der Waals surface area contributed by atoms with Crippen LogP contribution in [0.5, 0.6) is 0 Å². The fourth-order valence-corrected chi connectivity index (χ4v) is 7.67. The summed E-state index contributed by atoms with van der Waals surface area (Å²) < 4.78 is 0. The SMILES string of the molecule is C=CCCC[C@@H]1[C@H](O)C/C(=C/C=C2\CCC[C@]3(C)[C@@H]([C@H](C)CCCC(C)(C)O)CC[C@@H]23)C(=C)[C@H]1O. The molecule has 7 atom stereocenters. The fourth-order valence-electron chi connectivity index (χ4n) is 7.67. The van der Waals surface area contributed by atoms with E-state index in [2.05, 4.69) is 39.2 Å². The largest absolute Gasteiger partial charge is 0.392 e. The molecule has 0 unspecified atom stereocenters. The third kappa shape index (κ3) is 6.79. The van der Waals surface area contributed by atoms with Crippen molar-refractivity contribution in [2.75, 3.05) is 0 Å². The molecule has 3 heteroatoms. The quantitative estimate of drug-likeness (QED) is 0.225. The molecule has 0 amide bonds. The summed E-state index contributed by atoms with van der Waals surface area (Å²) in [5.41, 5.74) is 3.15. The maximum atomic E-state index is 10.9. The first kappa shape index (κ1) is 28.4. The maximum absolute atomic E-state index is 10.9. The Balaban J connectivity index is 1.68. The van der Waals surface area contributed by atoms with Crippen molar-refractivity contribution in [3.63, 3.8) is 0 Å². The number of rotatable bonds is 10. The Hall–Kier alpha value is -1.16. The van der Waals surface area contributed by atoms with Gasteiger partial charge in [0.15, 0.2) is 0 Å². The van der Waals surface area contributed by atoms with E-state index in [1.165, 1.54) is 32.1 Å². The first-order chi connectivity index (χ1) is 16.5. The van der Waals surface area contributed by atoms with Crippen molar-refractivity contribution < 1.29 is 15.3 Å². The van der Waals surface area contributed by atoms with E-state index in [0.717, 1.165) is 55.6 Å². The van der Waals surface area contributed by atoms with Gasteiger partial charge in [-0.15, -0.1) is 6.58 Å². The predicted molar refractivity (Wildman–Crippen MR) is 147 cm³/mol. The highest BCUT2D eigenvalue weighted by Crippen LogP contribution is 2.60. The summed E-state index contributed by atoms with van der Waals surface area (Å²) in [7, 11) is 0. The van der Waals surface area contributed by atoms with Crippen molar-refractivity contribution in [1.82, 2.24) is 0 Å². The van der Waals surface area contributed by atoms with E-state index in [4.69, 9.17) is 0 Å². The van der Waals surface area contributed by atoms with Gasteiger partial charge in [-0.25, -0.2) is 0 Å². The lowest BCUT2D eigenvalue weighted by atomic mass is 9.60. The van der Waals surface area contributed by atoms with Gasteiger partial charge in [0.05, 0.1) is 17.8 Å². The molecular weight excluding hydrogens is 432 g/mol. The number of unbranched alkanes of at least 4 members (excludes halogenated alkanes) is 1. The summed E-state index contributed by atoms with van der Waals surface area (Å²) in [5, 5.41) is 31.7. The molecule has 0 aromatic rings. The van der Waals surface area contributed by atoms with Crippen molar-refractivity contribution in [2.45, 2.75) is 123 Å². The first-order valence-electron chi connectivity index (χ1n) is 14.3. The van der Waals surface area contributed by atoms with Gasteiger partial charge in [0.25, 0.3) is 0 Å².